The highest BCUT2D eigenvalue weighted by Gasteiger charge is 2.20. The predicted molar refractivity (Wildman–Crippen MR) is 65.1 cm³/mol. The highest BCUT2D eigenvalue weighted by Crippen LogP contribution is 2.11. The first kappa shape index (κ1) is 12.5. The van der Waals surface area contributed by atoms with Crippen LogP contribution in [0.2, 0.25) is 0 Å². The van der Waals surface area contributed by atoms with Crippen molar-refractivity contribution in [2.45, 2.75) is 19.3 Å². The van der Waals surface area contributed by atoms with E-state index in [0.717, 1.165) is 5.71 Å². The fourth-order valence-electron chi connectivity index (χ4n) is 2.05. The topological polar surface area (TPSA) is 52.9 Å². The van der Waals surface area contributed by atoms with Crippen molar-refractivity contribution >= 4 is 11.6 Å². The van der Waals surface area contributed by atoms with E-state index in [2.05, 4.69) is 5.16 Å². The Labute approximate surface area is 105 Å². The molecule has 5 heteroatoms. The first-order valence-electron chi connectivity index (χ1n) is 5.91. The van der Waals surface area contributed by atoms with E-state index in [4.69, 9.17) is 5.21 Å². The number of piperidine rings is 1. The molecule has 1 heterocycles. The van der Waals surface area contributed by atoms with Crippen LogP contribution in [-0.4, -0.2) is 34.8 Å². The van der Waals surface area contributed by atoms with E-state index in [-0.39, 0.29) is 18.1 Å². The summed E-state index contributed by atoms with van der Waals surface area (Å²) in [6, 6.07) is 6.08. The molecule has 1 fully saturated rings. The largest absolute Gasteiger partial charge is 0.411 e. The molecule has 0 radical (unpaired) electrons. The lowest BCUT2D eigenvalue weighted by Crippen LogP contribution is -2.39. The Bertz CT molecular complexity index is 464. The van der Waals surface area contributed by atoms with Crippen molar-refractivity contribution in [2.75, 3.05) is 13.1 Å². The van der Waals surface area contributed by atoms with Gasteiger partial charge in [0.2, 0.25) is 5.91 Å². The van der Waals surface area contributed by atoms with E-state index in [0.29, 0.717) is 31.5 Å². The van der Waals surface area contributed by atoms with Crippen LogP contribution in [0.4, 0.5) is 4.39 Å². The number of rotatable bonds is 2. The highest BCUT2D eigenvalue weighted by molar-refractivity contribution is 5.87. The van der Waals surface area contributed by atoms with Gasteiger partial charge in [-0.3, -0.25) is 4.79 Å². The summed E-state index contributed by atoms with van der Waals surface area (Å²) in [5.74, 6) is -0.341. The van der Waals surface area contributed by atoms with Crippen LogP contribution < -0.4 is 0 Å². The van der Waals surface area contributed by atoms with Crippen molar-refractivity contribution in [1.29, 1.82) is 0 Å². The second-order valence-electron chi connectivity index (χ2n) is 4.35. The SMILES string of the molecule is O=C(Cc1cccc(F)c1)N1CCC(=NO)CC1. The molecular formula is C13H15FN2O2. The van der Waals surface area contributed by atoms with Crippen LogP contribution in [0.25, 0.3) is 0 Å². The first-order valence-corrected chi connectivity index (χ1v) is 5.91. The van der Waals surface area contributed by atoms with E-state index in [1.165, 1.54) is 12.1 Å². The molecule has 1 aliphatic rings. The monoisotopic (exact) mass is 250 g/mol. The summed E-state index contributed by atoms with van der Waals surface area (Å²) in [6.45, 7) is 1.13. The molecule has 0 aromatic heterocycles. The Morgan fingerprint density at radius 3 is 2.72 bits per heavy atom. The molecule has 2 rings (SSSR count). The maximum Gasteiger partial charge on any atom is 0.227 e. The Kier molecular flexibility index (Phi) is 3.92. The van der Waals surface area contributed by atoms with Crippen molar-refractivity contribution < 1.29 is 14.4 Å². The van der Waals surface area contributed by atoms with Gasteiger partial charge in [0.05, 0.1) is 12.1 Å². The lowest BCUT2D eigenvalue weighted by molar-refractivity contribution is -0.130. The Morgan fingerprint density at radius 2 is 2.11 bits per heavy atom. The summed E-state index contributed by atoms with van der Waals surface area (Å²) in [5.41, 5.74) is 1.41. The standard InChI is InChI=1S/C13H15FN2O2/c14-11-3-1-2-10(8-11)9-13(17)16-6-4-12(15-18)5-7-16/h1-3,8,18H,4-7,9H2. The zero-order valence-corrected chi connectivity index (χ0v) is 9.97. The molecular weight excluding hydrogens is 235 g/mol. The fraction of sp³-hybridized carbons (Fsp3) is 0.385. The molecule has 1 aromatic carbocycles. The summed E-state index contributed by atoms with van der Waals surface area (Å²) in [5, 5.41) is 11.8. The number of likely N-dealkylation sites (tertiary alicyclic amines) is 1. The number of hydrogen-bond acceptors (Lipinski definition) is 3. The van der Waals surface area contributed by atoms with Gasteiger partial charge in [-0.1, -0.05) is 17.3 Å². The molecule has 0 bridgehead atoms. The average Bonchev–Trinajstić information content (AvgIpc) is 2.39. The molecule has 18 heavy (non-hydrogen) atoms. The van der Waals surface area contributed by atoms with E-state index in [9.17, 15) is 9.18 Å². The second-order valence-corrected chi connectivity index (χ2v) is 4.35. The number of halogens is 1. The molecule has 0 spiro atoms. The van der Waals surface area contributed by atoms with Crippen LogP contribution in [0.15, 0.2) is 29.4 Å². The van der Waals surface area contributed by atoms with Crippen LogP contribution in [0.1, 0.15) is 18.4 Å². The summed E-state index contributed by atoms with van der Waals surface area (Å²) < 4.78 is 13.0. The summed E-state index contributed by atoms with van der Waals surface area (Å²) in [6.07, 6.45) is 1.42. The zero-order chi connectivity index (χ0) is 13.0. The summed E-state index contributed by atoms with van der Waals surface area (Å²) in [4.78, 5) is 13.7. The van der Waals surface area contributed by atoms with E-state index in [1.54, 1.807) is 17.0 Å². The molecule has 4 nitrogen and oxygen atoms in total. The highest BCUT2D eigenvalue weighted by atomic mass is 19.1. The minimum absolute atomic E-state index is 0.0161. The van der Waals surface area contributed by atoms with Gasteiger partial charge in [-0.25, -0.2) is 4.39 Å². The number of benzene rings is 1. The van der Waals surface area contributed by atoms with Gasteiger partial charge in [0, 0.05) is 25.9 Å². The van der Waals surface area contributed by atoms with Crippen LogP contribution in [0, 0.1) is 5.82 Å². The zero-order valence-electron chi connectivity index (χ0n) is 9.97. The van der Waals surface area contributed by atoms with Crippen molar-refractivity contribution in [2.24, 2.45) is 5.16 Å². The summed E-state index contributed by atoms with van der Waals surface area (Å²) in [7, 11) is 0. The fourth-order valence-corrected chi connectivity index (χ4v) is 2.05. The predicted octanol–water partition coefficient (Wildman–Crippen LogP) is 1.82. The lowest BCUT2D eigenvalue weighted by atomic mass is 10.1. The number of oxime groups is 1. The van der Waals surface area contributed by atoms with Gasteiger partial charge in [-0.05, 0) is 17.7 Å². The molecule has 0 saturated carbocycles. The van der Waals surface area contributed by atoms with Gasteiger partial charge in [-0.2, -0.15) is 0 Å². The second kappa shape index (κ2) is 5.62. The molecule has 0 unspecified atom stereocenters. The van der Waals surface area contributed by atoms with Crippen LogP contribution >= 0.6 is 0 Å². The van der Waals surface area contributed by atoms with Gasteiger partial charge in [0.1, 0.15) is 5.82 Å². The number of hydrogen-bond donors (Lipinski definition) is 1. The van der Waals surface area contributed by atoms with Crippen molar-refractivity contribution in [3.63, 3.8) is 0 Å². The molecule has 0 atom stereocenters. The minimum Gasteiger partial charge on any atom is -0.411 e. The molecule has 1 N–H and O–H groups in total. The smallest absolute Gasteiger partial charge is 0.227 e. The number of carbonyl (C=O) groups is 1. The number of carbonyl (C=O) groups excluding carboxylic acids is 1. The molecule has 1 aromatic rings. The number of amides is 1. The third-order valence-corrected chi connectivity index (χ3v) is 3.08. The maximum atomic E-state index is 13.0. The van der Waals surface area contributed by atoms with Crippen LogP contribution in [-0.2, 0) is 11.2 Å². The summed E-state index contributed by atoms with van der Waals surface area (Å²) >= 11 is 0. The Hall–Kier alpha value is -1.91. The Balaban J connectivity index is 1.93. The van der Waals surface area contributed by atoms with Crippen molar-refractivity contribution in [3.8, 4) is 0 Å². The van der Waals surface area contributed by atoms with E-state index >= 15 is 0 Å². The van der Waals surface area contributed by atoms with E-state index < -0.39 is 0 Å². The van der Waals surface area contributed by atoms with Crippen LogP contribution in [0.3, 0.4) is 0 Å². The number of nitrogens with zero attached hydrogens (tertiary/aromatic N) is 2. The Morgan fingerprint density at radius 1 is 1.39 bits per heavy atom. The van der Waals surface area contributed by atoms with Gasteiger partial charge in [0.15, 0.2) is 0 Å². The van der Waals surface area contributed by atoms with E-state index in [1.807, 2.05) is 0 Å². The van der Waals surface area contributed by atoms with Gasteiger partial charge in [0.25, 0.3) is 0 Å². The molecule has 0 aliphatic carbocycles. The van der Waals surface area contributed by atoms with Gasteiger partial charge in [-0.15, -0.1) is 0 Å². The minimum atomic E-state index is -0.325. The quantitative estimate of drug-likeness (QED) is 0.643. The van der Waals surface area contributed by atoms with Gasteiger partial charge >= 0.3 is 0 Å². The first-order chi connectivity index (χ1) is 8.69. The average molecular weight is 250 g/mol. The van der Waals surface area contributed by atoms with Crippen molar-refractivity contribution in [3.05, 3.63) is 35.6 Å². The maximum absolute atomic E-state index is 13.0. The van der Waals surface area contributed by atoms with Crippen LogP contribution in [0.5, 0.6) is 0 Å². The molecule has 96 valence electrons. The van der Waals surface area contributed by atoms with Gasteiger partial charge < -0.3 is 10.1 Å². The molecule has 1 amide bonds. The third kappa shape index (κ3) is 3.06. The lowest BCUT2D eigenvalue weighted by Gasteiger charge is -2.27. The molecule has 1 aliphatic heterocycles. The third-order valence-electron chi connectivity index (χ3n) is 3.08. The van der Waals surface area contributed by atoms with Crippen molar-refractivity contribution in [1.82, 2.24) is 4.90 Å². The normalized spacial score (nSPS) is 15.6. The molecule has 1 saturated heterocycles.